The van der Waals surface area contributed by atoms with Gasteiger partial charge in [0.15, 0.2) is 0 Å². The molecule has 0 saturated heterocycles. The van der Waals surface area contributed by atoms with Crippen molar-refractivity contribution in [3.05, 3.63) is 0 Å². The van der Waals surface area contributed by atoms with Gasteiger partial charge in [-0.1, -0.05) is 0 Å². The second kappa shape index (κ2) is 7.84. The van der Waals surface area contributed by atoms with Crippen molar-refractivity contribution in [2.24, 2.45) is 0 Å². The van der Waals surface area contributed by atoms with Crippen LogP contribution in [0.5, 0.6) is 0 Å². The van der Waals surface area contributed by atoms with Crippen molar-refractivity contribution in [3.8, 4) is 0 Å². The summed E-state index contributed by atoms with van der Waals surface area (Å²) in [5.41, 5.74) is 0. The molecule has 4 atom stereocenters. The zero-order valence-corrected chi connectivity index (χ0v) is 12.6. The molecular formula is C12H16F6O5. The minimum absolute atomic E-state index is 0.507. The lowest BCUT2D eigenvalue weighted by atomic mass is 10.1. The molecular weight excluding hydrogens is 338 g/mol. The second-order valence-electron chi connectivity index (χ2n) is 4.54. The number of ether oxygens (including phenoxy) is 3. The molecule has 5 nitrogen and oxygen atoms in total. The molecule has 0 unspecified atom stereocenters. The van der Waals surface area contributed by atoms with Crippen molar-refractivity contribution in [1.29, 1.82) is 0 Å². The molecule has 0 amide bonds. The van der Waals surface area contributed by atoms with E-state index in [-0.39, 0.29) is 0 Å². The minimum atomic E-state index is -4.52. The lowest BCUT2D eigenvalue weighted by Gasteiger charge is -2.31. The summed E-state index contributed by atoms with van der Waals surface area (Å²) in [6.07, 6.45) is -12.0. The van der Waals surface area contributed by atoms with Gasteiger partial charge in [-0.3, -0.25) is 0 Å². The van der Waals surface area contributed by atoms with E-state index in [0.29, 0.717) is 28.1 Å². The Balaban J connectivity index is 5.10. The van der Waals surface area contributed by atoms with Gasteiger partial charge in [-0.15, -0.1) is 0 Å². The van der Waals surface area contributed by atoms with E-state index < -0.39 is 48.3 Å². The fourth-order valence-corrected chi connectivity index (χ4v) is 1.42. The maximum absolute atomic E-state index is 13.6. The molecule has 0 bridgehead atoms. The summed E-state index contributed by atoms with van der Waals surface area (Å²) in [6, 6.07) is 0. The van der Waals surface area contributed by atoms with Gasteiger partial charge in [-0.25, -0.2) is 18.4 Å². The van der Waals surface area contributed by atoms with Crippen LogP contribution in [0.15, 0.2) is 0 Å². The molecule has 0 heterocycles. The smallest absolute Gasteiger partial charge is 0.347 e. The van der Waals surface area contributed by atoms with Crippen molar-refractivity contribution in [2.75, 3.05) is 14.2 Å². The zero-order chi connectivity index (χ0) is 18.6. The second-order valence-corrected chi connectivity index (χ2v) is 4.54. The highest BCUT2D eigenvalue weighted by Crippen LogP contribution is 2.34. The van der Waals surface area contributed by atoms with Crippen LogP contribution < -0.4 is 0 Å². The van der Waals surface area contributed by atoms with Crippen LogP contribution in [0.3, 0.4) is 0 Å². The number of alkyl halides is 6. The first-order chi connectivity index (χ1) is 10.3. The molecule has 0 aliphatic carbocycles. The SMILES string of the molecule is COC(=O)[C@@H](F)C(F)(F)[C@H](C)O[C@@H](C)C(F)(F)[C@@H](F)C(=O)OC. The maximum Gasteiger partial charge on any atom is 0.347 e. The van der Waals surface area contributed by atoms with E-state index in [0.717, 1.165) is 0 Å². The van der Waals surface area contributed by atoms with Gasteiger partial charge in [-0.2, -0.15) is 17.6 Å². The molecule has 0 fully saturated rings. The Morgan fingerprint density at radius 3 is 1.26 bits per heavy atom. The van der Waals surface area contributed by atoms with Crippen LogP contribution in [0, 0.1) is 0 Å². The summed E-state index contributed by atoms with van der Waals surface area (Å²) in [6.45, 7) is 1.01. The zero-order valence-electron chi connectivity index (χ0n) is 12.6. The predicted molar refractivity (Wildman–Crippen MR) is 63.7 cm³/mol. The Hall–Kier alpha value is -1.52. The lowest BCUT2D eigenvalue weighted by molar-refractivity contribution is -0.237. The topological polar surface area (TPSA) is 61.8 Å². The first-order valence-electron chi connectivity index (χ1n) is 6.18. The minimum Gasteiger partial charge on any atom is -0.467 e. The molecule has 23 heavy (non-hydrogen) atoms. The number of carbonyl (C=O) groups is 2. The Morgan fingerprint density at radius 2 is 1.04 bits per heavy atom. The molecule has 0 saturated carbocycles. The number of esters is 2. The molecule has 0 aromatic heterocycles. The van der Waals surface area contributed by atoms with E-state index in [1.54, 1.807) is 0 Å². The third kappa shape index (κ3) is 4.72. The summed E-state index contributed by atoms with van der Waals surface area (Å²) in [5, 5.41) is 0. The van der Waals surface area contributed by atoms with Crippen molar-refractivity contribution in [1.82, 2.24) is 0 Å². The van der Waals surface area contributed by atoms with Crippen LogP contribution >= 0.6 is 0 Å². The van der Waals surface area contributed by atoms with E-state index in [9.17, 15) is 35.9 Å². The molecule has 0 aliphatic rings. The van der Waals surface area contributed by atoms with Gasteiger partial charge in [0.1, 0.15) is 12.2 Å². The van der Waals surface area contributed by atoms with Crippen LogP contribution in [0.2, 0.25) is 0 Å². The fraction of sp³-hybridized carbons (Fsp3) is 0.833. The van der Waals surface area contributed by atoms with Crippen molar-refractivity contribution < 1.29 is 50.1 Å². The number of methoxy groups -OCH3 is 2. The van der Waals surface area contributed by atoms with Crippen molar-refractivity contribution in [3.63, 3.8) is 0 Å². The summed E-state index contributed by atoms with van der Waals surface area (Å²) < 4.78 is 92.7. The molecule has 11 heteroatoms. The Kier molecular flexibility index (Phi) is 7.32. The first-order valence-corrected chi connectivity index (χ1v) is 6.18. The van der Waals surface area contributed by atoms with Crippen LogP contribution in [-0.4, -0.2) is 62.6 Å². The molecule has 0 aromatic rings. The first kappa shape index (κ1) is 21.5. The van der Waals surface area contributed by atoms with Crippen LogP contribution in [0.25, 0.3) is 0 Å². The van der Waals surface area contributed by atoms with Crippen molar-refractivity contribution in [2.45, 2.75) is 50.2 Å². The molecule has 0 spiro atoms. The van der Waals surface area contributed by atoms with Gasteiger partial charge >= 0.3 is 23.8 Å². The van der Waals surface area contributed by atoms with Gasteiger partial charge in [-0.05, 0) is 13.8 Å². The third-order valence-corrected chi connectivity index (χ3v) is 2.98. The largest absolute Gasteiger partial charge is 0.467 e. The summed E-state index contributed by atoms with van der Waals surface area (Å²) >= 11 is 0. The van der Waals surface area contributed by atoms with Gasteiger partial charge in [0.05, 0.1) is 14.2 Å². The van der Waals surface area contributed by atoms with Gasteiger partial charge < -0.3 is 14.2 Å². The number of hydrogen-bond acceptors (Lipinski definition) is 5. The van der Waals surface area contributed by atoms with Crippen LogP contribution in [-0.2, 0) is 23.8 Å². The van der Waals surface area contributed by atoms with E-state index in [1.807, 2.05) is 0 Å². The van der Waals surface area contributed by atoms with Crippen LogP contribution in [0.4, 0.5) is 26.3 Å². The Bertz CT molecular complexity index is 392. The molecule has 136 valence electrons. The lowest BCUT2D eigenvalue weighted by Crippen LogP contribution is -2.52. The molecule has 0 aromatic carbocycles. The summed E-state index contributed by atoms with van der Waals surface area (Å²) in [5.74, 6) is -12.9. The molecule has 0 rings (SSSR count). The van der Waals surface area contributed by atoms with Gasteiger partial charge in [0.2, 0.25) is 0 Å². The fourth-order valence-electron chi connectivity index (χ4n) is 1.42. The van der Waals surface area contributed by atoms with E-state index in [4.69, 9.17) is 0 Å². The average Bonchev–Trinajstić information content (AvgIpc) is 2.51. The monoisotopic (exact) mass is 354 g/mol. The van der Waals surface area contributed by atoms with Crippen LogP contribution in [0.1, 0.15) is 13.8 Å². The average molecular weight is 354 g/mol. The number of rotatable bonds is 8. The highest BCUT2D eigenvalue weighted by molar-refractivity contribution is 5.76. The van der Waals surface area contributed by atoms with E-state index in [2.05, 4.69) is 14.2 Å². The third-order valence-electron chi connectivity index (χ3n) is 2.98. The van der Waals surface area contributed by atoms with E-state index >= 15 is 0 Å². The number of halogens is 6. The quantitative estimate of drug-likeness (QED) is 0.493. The van der Waals surface area contributed by atoms with Gasteiger partial charge in [0, 0.05) is 0 Å². The summed E-state index contributed by atoms with van der Waals surface area (Å²) in [4.78, 5) is 21.6. The standard InChI is InChI=1S/C12H16F6O5/c1-5(11(15,16)7(13)9(19)21-3)23-6(2)12(17,18)8(14)10(20)22-4/h5-8H,1-4H3/t5-,6-,7-,8+/m0/s1. The van der Waals surface area contributed by atoms with Gasteiger partial charge in [0.25, 0.3) is 12.3 Å². The van der Waals surface area contributed by atoms with Crippen molar-refractivity contribution >= 4 is 11.9 Å². The molecule has 0 aliphatic heterocycles. The Morgan fingerprint density at radius 1 is 0.783 bits per heavy atom. The maximum atomic E-state index is 13.6. The predicted octanol–water partition coefficient (Wildman–Crippen LogP) is 2.07. The highest BCUT2D eigenvalue weighted by atomic mass is 19.3. The van der Waals surface area contributed by atoms with E-state index in [1.165, 1.54) is 0 Å². The Labute approximate surface area is 127 Å². The molecule has 0 N–H and O–H groups in total. The normalized spacial score (nSPS) is 17.8. The number of hydrogen-bond donors (Lipinski definition) is 0. The number of carbonyl (C=O) groups excluding carboxylic acids is 2. The highest BCUT2D eigenvalue weighted by Gasteiger charge is 2.56. The summed E-state index contributed by atoms with van der Waals surface area (Å²) in [7, 11) is 1.30. The molecule has 0 radical (unpaired) electrons.